The van der Waals surface area contributed by atoms with Crippen LogP contribution in [0.3, 0.4) is 0 Å². The van der Waals surface area contributed by atoms with Crippen molar-refractivity contribution in [1.29, 1.82) is 0 Å². The summed E-state index contributed by atoms with van der Waals surface area (Å²) in [6, 6.07) is 0. The minimum atomic E-state index is -0.644. The summed E-state index contributed by atoms with van der Waals surface area (Å²) in [7, 11) is 0. The van der Waals surface area contributed by atoms with E-state index in [0.717, 1.165) is 31.5 Å². The Morgan fingerprint density at radius 1 is 1.29 bits per heavy atom. The van der Waals surface area contributed by atoms with Crippen LogP contribution in [0.15, 0.2) is 4.52 Å². The van der Waals surface area contributed by atoms with E-state index in [0.29, 0.717) is 23.8 Å². The van der Waals surface area contributed by atoms with Crippen molar-refractivity contribution in [1.82, 2.24) is 10.1 Å². The number of carbonyl (C=O) groups is 1. The SMILES string of the molecule is CCOC(=O)C1(c2nc(C3CCC(C)(C)CC3)no2)CC1. The molecule has 0 spiro atoms. The number of hydrogen-bond donors (Lipinski definition) is 0. The second kappa shape index (κ2) is 5.11. The van der Waals surface area contributed by atoms with Gasteiger partial charge in [0.1, 0.15) is 5.41 Å². The Kier molecular flexibility index (Phi) is 3.54. The third-order valence-corrected chi connectivity index (χ3v) is 4.97. The van der Waals surface area contributed by atoms with Gasteiger partial charge in [0.15, 0.2) is 5.82 Å². The maximum absolute atomic E-state index is 12.0. The average molecular weight is 292 g/mol. The fraction of sp³-hybridized carbons (Fsp3) is 0.812. The summed E-state index contributed by atoms with van der Waals surface area (Å²) >= 11 is 0. The van der Waals surface area contributed by atoms with E-state index < -0.39 is 5.41 Å². The summed E-state index contributed by atoms with van der Waals surface area (Å²) < 4.78 is 10.5. The van der Waals surface area contributed by atoms with Crippen molar-refractivity contribution in [2.45, 2.75) is 70.6 Å². The summed E-state index contributed by atoms with van der Waals surface area (Å²) in [6.07, 6.45) is 6.07. The summed E-state index contributed by atoms with van der Waals surface area (Å²) in [5.74, 6) is 1.38. The molecular formula is C16H24N2O3. The highest BCUT2D eigenvalue weighted by Gasteiger charge is 2.57. The second-order valence-electron chi connectivity index (χ2n) is 7.20. The quantitative estimate of drug-likeness (QED) is 0.796. The Morgan fingerprint density at radius 3 is 2.52 bits per heavy atom. The van der Waals surface area contributed by atoms with Crippen molar-refractivity contribution in [2.75, 3.05) is 6.61 Å². The van der Waals surface area contributed by atoms with Crippen LogP contribution in [0.25, 0.3) is 0 Å². The van der Waals surface area contributed by atoms with Gasteiger partial charge in [0.05, 0.1) is 6.61 Å². The minimum Gasteiger partial charge on any atom is -0.465 e. The molecule has 2 fully saturated rings. The topological polar surface area (TPSA) is 65.2 Å². The van der Waals surface area contributed by atoms with Crippen LogP contribution in [0.1, 0.15) is 76.9 Å². The predicted molar refractivity (Wildman–Crippen MR) is 76.8 cm³/mol. The molecule has 0 aliphatic heterocycles. The maximum atomic E-state index is 12.0. The summed E-state index contributed by atoms with van der Waals surface area (Å²) in [4.78, 5) is 16.6. The molecule has 5 nitrogen and oxygen atoms in total. The highest BCUT2D eigenvalue weighted by molar-refractivity contribution is 5.85. The zero-order valence-corrected chi connectivity index (χ0v) is 13.1. The molecule has 0 unspecified atom stereocenters. The van der Waals surface area contributed by atoms with Crippen molar-refractivity contribution < 1.29 is 14.1 Å². The molecule has 0 atom stereocenters. The minimum absolute atomic E-state index is 0.218. The van der Waals surface area contributed by atoms with Gasteiger partial charge in [-0.15, -0.1) is 0 Å². The predicted octanol–water partition coefficient (Wildman–Crippen LogP) is 3.35. The maximum Gasteiger partial charge on any atom is 0.321 e. The highest BCUT2D eigenvalue weighted by Crippen LogP contribution is 2.49. The molecular weight excluding hydrogens is 268 g/mol. The van der Waals surface area contributed by atoms with E-state index in [1.165, 1.54) is 12.8 Å². The normalized spacial score (nSPS) is 23.8. The van der Waals surface area contributed by atoms with Gasteiger partial charge in [0.25, 0.3) is 0 Å². The monoisotopic (exact) mass is 292 g/mol. The number of carbonyl (C=O) groups excluding carboxylic acids is 1. The van der Waals surface area contributed by atoms with Crippen LogP contribution in [0.4, 0.5) is 0 Å². The van der Waals surface area contributed by atoms with Gasteiger partial charge < -0.3 is 9.26 Å². The summed E-state index contributed by atoms with van der Waals surface area (Å²) in [5, 5.41) is 4.14. The lowest BCUT2D eigenvalue weighted by atomic mass is 9.73. The lowest BCUT2D eigenvalue weighted by Gasteiger charge is -2.32. The Balaban J connectivity index is 1.71. The van der Waals surface area contributed by atoms with Crippen LogP contribution in [0, 0.1) is 5.41 Å². The molecule has 21 heavy (non-hydrogen) atoms. The second-order valence-corrected chi connectivity index (χ2v) is 7.20. The molecule has 116 valence electrons. The fourth-order valence-corrected chi connectivity index (χ4v) is 3.15. The molecule has 2 aliphatic rings. The Morgan fingerprint density at radius 2 is 1.95 bits per heavy atom. The van der Waals surface area contributed by atoms with Crippen molar-refractivity contribution in [2.24, 2.45) is 5.41 Å². The van der Waals surface area contributed by atoms with E-state index in [2.05, 4.69) is 24.0 Å². The molecule has 0 bridgehead atoms. The first-order valence-electron chi connectivity index (χ1n) is 7.98. The van der Waals surface area contributed by atoms with Crippen LogP contribution in [0.5, 0.6) is 0 Å². The lowest BCUT2D eigenvalue weighted by molar-refractivity contribution is -0.146. The van der Waals surface area contributed by atoms with Crippen LogP contribution < -0.4 is 0 Å². The third-order valence-electron chi connectivity index (χ3n) is 4.97. The van der Waals surface area contributed by atoms with E-state index in [4.69, 9.17) is 9.26 Å². The van der Waals surface area contributed by atoms with E-state index in [-0.39, 0.29) is 5.97 Å². The first-order chi connectivity index (χ1) is 9.97. The Bertz CT molecular complexity index is 521. The number of hydrogen-bond acceptors (Lipinski definition) is 5. The van der Waals surface area contributed by atoms with Crippen molar-refractivity contribution in [3.8, 4) is 0 Å². The molecule has 0 N–H and O–H groups in total. The van der Waals surface area contributed by atoms with Crippen LogP contribution in [-0.4, -0.2) is 22.7 Å². The molecule has 1 aromatic heterocycles. The third kappa shape index (κ3) is 2.70. The lowest BCUT2D eigenvalue weighted by Crippen LogP contribution is -2.24. The fourth-order valence-electron chi connectivity index (χ4n) is 3.15. The molecule has 2 saturated carbocycles. The zero-order chi connectivity index (χ0) is 15.1. The van der Waals surface area contributed by atoms with Crippen molar-refractivity contribution in [3.05, 3.63) is 11.7 Å². The van der Waals surface area contributed by atoms with Gasteiger partial charge >= 0.3 is 5.97 Å². The van der Waals surface area contributed by atoms with Gasteiger partial charge in [-0.3, -0.25) is 4.79 Å². The van der Waals surface area contributed by atoms with E-state index in [9.17, 15) is 4.79 Å². The number of nitrogens with zero attached hydrogens (tertiary/aromatic N) is 2. The molecule has 2 aliphatic carbocycles. The number of aromatic nitrogens is 2. The van der Waals surface area contributed by atoms with Crippen LogP contribution in [-0.2, 0) is 14.9 Å². The van der Waals surface area contributed by atoms with Gasteiger partial charge in [0, 0.05) is 5.92 Å². The molecule has 0 saturated heterocycles. The Hall–Kier alpha value is -1.39. The van der Waals surface area contributed by atoms with Gasteiger partial charge in [-0.25, -0.2) is 0 Å². The molecule has 0 aromatic carbocycles. The first-order valence-corrected chi connectivity index (χ1v) is 7.98. The van der Waals surface area contributed by atoms with Crippen LogP contribution in [0.2, 0.25) is 0 Å². The summed E-state index contributed by atoms with van der Waals surface area (Å²) in [5.41, 5.74) is -0.221. The highest BCUT2D eigenvalue weighted by atomic mass is 16.5. The molecule has 0 radical (unpaired) electrons. The number of ether oxygens (including phenoxy) is 1. The molecule has 1 aromatic rings. The zero-order valence-electron chi connectivity index (χ0n) is 13.1. The summed E-state index contributed by atoms with van der Waals surface area (Å²) in [6.45, 7) is 6.83. The van der Waals surface area contributed by atoms with E-state index in [1.807, 2.05) is 6.92 Å². The van der Waals surface area contributed by atoms with E-state index >= 15 is 0 Å². The van der Waals surface area contributed by atoms with Crippen LogP contribution >= 0.6 is 0 Å². The molecule has 3 rings (SSSR count). The van der Waals surface area contributed by atoms with Gasteiger partial charge in [-0.2, -0.15) is 4.98 Å². The molecule has 1 heterocycles. The smallest absolute Gasteiger partial charge is 0.321 e. The molecule has 0 amide bonds. The Labute approximate surface area is 125 Å². The average Bonchev–Trinajstić information content (AvgIpc) is 3.11. The largest absolute Gasteiger partial charge is 0.465 e. The number of rotatable bonds is 4. The standard InChI is InChI=1S/C16H24N2O3/c1-4-20-14(19)16(9-10-16)13-17-12(18-21-13)11-5-7-15(2,3)8-6-11/h11H,4-10H2,1-3H3. The van der Waals surface area contributed by atoms with Gasteiger partial charge in [0.2, 0.25) is 5.89 Å². The van der Waals surface area contributed by atoms with E-state index in [1.54, 1.807) is 0 Å². The first kappa shape index (κ1) is 14.5. The molecule has 5 heteroatoms. The van der Waals surface area contributed by atoms with Gasteiger partial charge in [-0.1, -0.05) is 19.0 Å². The van der Waals surface area contributed by atoms with Crippen molar-refractivity contribution >= 4 is 5.97 Å². The van der Waals surface area contributed by atoms with Gasteiger partial charge in [-0.05, 0) is 50.9 Å². The van der Waals surface area contributed by atoms with Crippen molar-refractivity contribution in [3.63, 3.8) is 0 Å². The number of esters is 1.